The normalized spacial score (nSPS) is 10.2. The molecular weight excluding hydrogens is 190 g/mol. The number of carbonyl (C=O) groups is 1. The Morgan fingerprint density at radius 1 is 1.33 bits per heavy atom. The van der Waals surface area contributed by atoms with Crippen LogP contribution in [-0.4, -0.2) is 21.9 Å². The highest BCUT2D eigenvalue weighted by Crippen LogP contribution is 2.09. The van der Waals surface area contributed by atoms with E-state index in [1.54, 1.807) is 17.0 Å². The van der Waals surface area contributed by atoms with Gasteiger partial charge in [0.15, 0.2) is 5.82 Å². The van der Waals surface area contributed by atoms with Crippen molar-refractivity contribution in [2.75, 3.05) is 6.54 Å². The number of ketones is 1. The molecule has 0 fully saturated rings. The minimum Gasteiger partial charge on any atom is -0.324 e. The van der Waals surface area contributed by atoms with Gasteiger partial charge in [-0.2, -0.15) is 0 Å². The first-order valence-corrected chi connectivity index (χ1v) is 4.65. The van der Waals surface area contributed by atoms with E-state index in [-0.39, 0.29) is 12.3 Å². The average molecular weight is 201 g/mol. The molecule has 0 radical (unpaired) electrons. The van der Waals surface area contributed by atoms with Gasteiger partial charge in [-0.05, 0) is 12.1 Å². The molecule has 4 nitrogen and oxygen atoms in total. The van der Waals surface area contributed by atoms with Crippen LogP contribution in [-0.2, 0) is 0 Å². The van der Waals surface area contributed by atoms with Crippen molar-refractivity contribution < 1.29 is 4.79 Å². The van der Waals surface area contributed by atoms with Crippen molar-refractivity contribution in [1.82, 2.24) is 9.55 Å². The quantitative estimate of drug-likeness (QED) is 0.754. The summed E-state index contributed by atoms with van der Waals surface area (Å²) in [5.41, 5.74) is 6.22. The maximum Gasteiger partial charge on any atom is 0.212 e. The molecule has 0 aliphatic heterocycles. The fourth-order valence-corrected chi connectivity index (χ4v) is 1.40. The zero-order valence-corrected chi connectivity index (χ0v) is 8.13. The van der Waals surface area contributed by atoms with E-state index >= 15 is 0 Å². The van der Waals surface area contributed by atoms with E-state index in [0.717, 1.165) is 5.69 Å². The van der Waals surface area contributed by atoms with Gasteiger partial charge in [-0.1, -0.05) is 18.2 Å². The number of hydrogen-bond donors (Lipinski definition) is 1. The monoisotopic (exact) mass is 201 g/mol. The minimum atomic E-state index is -0.163. The van der Waals surface area contributed by atoms with E-state index in [4.69, 9.17) is 5.73 Å². The summed E-state index contributed by atoms with van der Waals surface area (Å²) in [6.07, 6.45) is 3.34. The first kappa shape index (κ1) is 9.61. The van der Waals surface area contributed by atoms with E-state index < -0.39 is 0 Å². The summed E-state index contributed by atoms with van der Waals surface area (Å²) in [7, 11) is 0. The molecule has 0 amide bonds. The molecular formula is C11H11N3O. The zero-order chi connectivity index (χ0) is 10.7. The van der Waals surface area contributed by atoms with Crippen LogP contribution in [0.4, 0.5) is 0 Å². The highest BCUT2D eigenvalue weighted by molar-refractivity contribution is 5.94. The lowest BCUT2D eigenvalue weighted by atomic mass is 10.3. The molecule has 0 aliphatic rings. The lowest BCUT2D eigenvalue weighted by Gasteiger charge is -2.05. The molecule has 0 saturated heterocycles. The predicted molar refractivity (Wildman–Crippen MR) is 56.9 cm³/mol. The summed E-state index contributed by atoms with van der Waals surface area (Å²) < 4.78 is 1.73. The second-order valence-electron chi connectivity index (χ2n) is 3.08. The number of hydrogen-bond acceptors (Lipinski definition) is 3. The molecule has 1 aromatic carbocycles. The van der Waals surface area contributed by atoms with Gasteiger partial charge < -0.3 is 5.73 Å². The van der Waals surface area contributed by atoms with E-state index in [2.05, 4.69) is 4.98 Å². The molecule has 2 aromatic rings. The Labute approximate surface area is 87.4 Å². The number of imidazole rings is 1. The summed E-state index contributed by atoms with van der Waals surface area (Å²) in [5, 5.41) is 0. The van der Waals surface area contributed by atoms with Gasteiger partial charge in [-0.15, -0.1) is 0 Å². The van der Waals surface area contributed by atoms with Gasteiger partial charge in [0, 0.05) is 18.1 Å². The lowest BCUT2D eigenvalue weighted by Crippen LogP contribution is -2.18. The Hall–Kier alpha value is -1.94. The average Bonchev–Trinajstić information content (AvgIpc) is 2.78. The van der Waals surface area contributed by atoms with Crippen LogP contribution in [0.15, 0.2) is 42.7 Å². The van der Waals surface area contributed by atoms with Gasteiger partial charge in [-0.25, -0.2) is 4.98 Å². The SMILES string of the molecule is NCC(=O)c1nccn1-c1ccccc1. The van der Waals surface area contributed by atoms with Crippen LogP contribution >= 0.6 is 0 Å². The number of benzene rings is 1. The smallest absolute Gasteiger partial charge is 0.212 e. The summed E-state index contributed by atoms with van der Waals surface area (Å²) in [5.74, 6) is 0.215. The Bertz CT molecular complexity index is 462. The second kappa shape index (κ2) is 4.06. The number of nitrogens with zero attached hydrogens (tertiary/aromatic N) is 2. The standard InChI is InChI=1S/C11H11N3O/c12-8-10(15)11-13-6-7-14(11)9-4-2-1-3-5-9/h1-7H,8,12H2. The molecule has 4 heteroatoms. The Kier molecular flexibility index (Phi) is 2.60. The molecule has 1 heterocycles. The Balaban J connectivity index is 2.46. The van der Waals surface area contributed by atoms with Gasteiger partial charge >= 0.3 is 0 Å². The molecule has 2 rings (SSSR count). The maximum absolute atomic E-state index is 11.5. The molecule has 0 spiro atoms. The fourth-order valence-electron chi connectivity index (χ4n) is 1.40. The third kappa shape index (κ3) is 1.80. The van der Waals surface area contributed by atoms with Gasteiger partial charge in [0.2, 0.25) is 5.78 Å². The highest BCUT2D eigenvalue weighted by Gasteiger charge is 2.11. The maximum atomic E-state index is 11.5. The Morgan fingerprint density at radius 2 is 2.07 bits per heavy atom. The third-order valence-corrected chi connectivity index (χ3v) is 2.11. The van der Waals surface area contributed by atoms with Gasteiger partial charge in [0.05, 0.1) is 6.54 Å². The molecule has 0 bridgehead atoms. The first-order chi connectivity index (χ1) is 7.33. The Morgan fingerprint density at radius 3 is 2.73 bits per heavy atom. The van der Waals surface area contributed by atoms with Crippen LogP contribution in [0.1, 0.15) is 10.6 Å². The molecule has 0 aliphatic carbocycles. The predicted octanol–water partition coefficient (Wildman–Crippen LogP) is 1.01. The van der Waals surface area contributed by atoms with Gasteiger partial charge in [0.25, 0.3) is 0 Å². The van der Waals surface area contributed by atoms with Crippen molar-refractivity contribution in [2.45, 2.75) is 0 Å². The topological polar surface area (TPSA) is 60.9 Å². The number of nitrogens with two attached hydrogens (primary N) is 1. The van der Waals surface area contributed by atoms with Crippen LogP contribution in [0.3, 0.4) is 0 Å². The number of para-hydroxylation sites is 1. The minimum absolute atomic E-state index is 0.0240. The van der Waals surface area contributed by atoms with Crippen LogP contribution in [0, 0.1) is 0 Å². The highest BCUT2D eigenvalue weighted by atomic mass is 16.1. The van der Waals surface area contributed by atoms with Crippen LogP contribution in [0.25, 0.3) is 5.69 Å². The van der Waals surface area contributed by atoms with E-state index in [1.165, 1.54) is 0 Å². The summed E-state index contributed by atoms with van der Waals surface area (Å²) in [4.78, 5) is 15.5. The largest absolute Gasteiger partial charge is 0.324 e. The van der Waals surface area contributed by atoms with Gasteiger partial charge in [-0.3, -0.25) is 9.36 Å². The van der Waals surface area contributed by atoms with Crippen molar-refractivity contribution in [3.8, 4) is 5.69 Å². The number of Topliss-reactive ketones (excluding diaryl/α,β-unsaturated/α-hetero) is 1. The third-order valence-electron chi connectivity index (χ3n) is 2.11. The van der Waals surface area contributed by atoms with Crippen molar-refractivity contribution in [3.05, 3.63) is 48.5 Å². The molecule has 0 unspecified atom stereocenters. The molecule has 0 atom stereocenters. The molecule has 1 aromatic heterocycles. The fraction of sp³-hybridized carbons (Fsp3) is 0.0909. The van der Waals surface area contributed by atoms with Crippen molar-refractivity contribution in [3.63, 3.8) is 0 Å². The molecule has 0 saturated carbocycles. The van der Waals surface area contributed by atoms with Crippen molar-refractivity contribution in [2.24, 2.45) is 5.73 Å². The van der Waals surface area contributed by atoms with Crippen LogP contribution < -0.4 is 5.73 Å². The number of carbonyl (C=O) groups excluding carboxylic acids is 1. The summed E-state index contributed by atoms with van der Waals surface area (Å²) in [6.45, 7) is -0.0240. The molecule has 76 valence electrons. The molecule has 15 heavy (non-hydrogen) atoms. The zero-order valence-electron chi connectivity index (χ0n) is 8.13. The van der Waals surface area contributed by atoms with Crippen LogP contribution in [0.2, 0.25) is 0 Å². The second-order valence-corrected chi connectivity index (χ2v) is 3.08. The van der Waals surface area contributed by atoms with E-state index in [1.807, 2.05) is 30.3 Å². The van der Waals surface area contributed by atoms with E-state index in [9.17, 15) is 4.79 Å². The van der Waals surface area contributed by atoms with Crippen molar-refractivity contribution in [1.29, 1.82) is 0 Å². The first-order valence-electron chi connectivity index (χ1n) is 4.65. The van der Waals surface area contributed by atoms with E-state index in [0.29, 0.717) is 5.82 Å². The summed E-state index contributed by atoms with van der Waals surface area (Å²) >= 11 is 0. The number of aromatic nitrogens is 2. The van der Waals surface area contributed by atoms with Crippen molar-refractivity contribution >= 4 is 5.78 Å². The lowest BCUT2D eigenvalue weighted by molar-refractivity contribution is 0.0990. The summed E-state index contributed by atoms with van der Waals surface area (Å²) in [6, 6.07) is 9.56. The van der Waals surface area contributed by atoms with Gasteiger partial charge in [0.1, 0.15) is 0 Å². The number of rotatable bonds is 3. The van der Waals surface area contributed by atoms with Crippen LogP contribution in [0.5, 0.6) is 0 Å². The molecule has 2 N–H and O–H groups in total.